The molecule has 1 unspecified atom stereocenters. The number of hydrogen-bond acceptors (Lipinski definition) is 6. The highest BCUT2D eigenvalue weighted by molar-refractivity contribution is 7.92. The summed E-state index contributed by atoms with van der Waals surface area (Å²) in [7, 11) is -3.97. The molecule has 0 aromatic heterocycles. The fraction of sp³-hybridized carbons (Fsp3) is 0.408. The molecule has 0 heterocycles. The van der Waals surface area contributed by atoms with Gasteiger partial charge < -0.3 is 20.3 Å². The second kappa shape index (κ2) is 18.7. The van der Waals surface area contributed by atoms with Gasteiger partial charge in [0.25, 0.3) is 15.9 Å². The van der Waals surface area contributed by atoms with E-state index in [1.165, 1.54) is 5.56 Å². The van der Waals surface area contributed by atoms with Crippen LogP contribution in [-0.2, 0) is 25.6 Å². The van der Waals surface area contributed by atoms with E-state index in [4.69, 9.17) is 4.74 Å². The fourth-order valence-corrected chi connectivity index (χ4v) is 8.27. The minimum absolute atomic E-state index is 0.0145. The minimum Gasteiger partial charge on any atom is -0.480 e. The maximum atomic E-state index is 14.7. The summed E-state index contributed by atoms with van der Waals surface area (Å²) in [5.41, 5.74) is 6.58. The lowest BCUT2D eigenvalue weighted by Crippen LogP contribution is -2.34. The van der Waals surface area contributed by atoms with Gasteiger partial charge >= 0.3 is 0 Å². The Balaban J connectivity index is 1.63. The maximum absolute atomic E-state index is 14.7. The van der Waals surface area contributed by atoms with Crippen molar-refractivity contribution in [1.29, 1.82) is 0 Å². The van der Waals surface area contributed by atoms with Crippen LogP contribution in [-0.4, -0.2) is 33.5 Å². The first-order valence-corrected chi connectivity index (χ1v) is 22.5. The maximum Gasteiger partial charge on any atom is 0.265 e. The van der Waals surface area contributed by atoms with Gasteiger partial charge in [-0.2, -0.15) is 0 Å². The van der Waals surface area contributed by atoms with Crippen LogP contribution in [0.15, 0.2) is 102 Å². The van der Waals surface area contributed by atoms with Gasteiger partial charge in [0.15, 0.2) is 6.10 Å². The zero-order valence-electron chi connectivity index (χ0n) is 36.3. The molecule has 3 N–H and O–H groups in total. The van der Waals surface area contributed by atoms with Crippen molar-refractivity contribution >= 4 is 55.1 Å². The van der Waals surface area contributed by atoms with Gasteiger partial charge in [-0.05, 0) is 111 Å². The quantitative estimate of drug-likeness (QED) is 0.0769. The Hall–Kier alpha value is -5.02. The highest BCUT2D eigenvalue weighted by Crippen LogP contribution is 2.42. The monoisotopic (exact) mass is 804 g/mol. The van der Waals surface area contributed by atoms with Crippen molar-refractivity contribution < 1.29 is 17.9 Å². The summed E-state index contributed by atoms with van der Waals surface area (Å²) in [6, 6.07) is 30.4. The molecule has 0 radical (unpaired) electrons. The largest absolute Gasteiger partial charge is 0.480 e. The van der Waals surface area contributed by atoms with E-state index >= 15 is 0 Å². The zero-order chi connectivity index (χ0) is 42.3. The molecule has 8 nitrogen and oxygen atoms in total. The number of amides is 1. The molecule has 0 saturated heterocycles. The van der Waals surface area contributed by atoms with Crippen molar-refractivity contribution in [2.45, 2.75) is 123 Å². The first-order chi connectivity index (χ1) is 27.6. The van der Waals surface area contributed by atoms with Crippen LogP contribution in [0, 0.1) is 6.92 Å². The first kappa shape index (κ1) is 44.1. The van der Waals surface area contributed by atoms with E-state index in [1.54, 1.807) is 36.4 Å². The van der Waals surface area contributed by atoms with Crippen LogP contribution >= 0.6 is 0 Å². The van der Waals surface area contributed by atoms with Crippen LogP contribution in [0.3, 0.4) is 0 Å². The van der Waals surface area contributed by atoms with E-state index in [-0.39, 0.29) is 21.6 Å². The molecular formula is C49H64N4O4S. The van der Waals surface area contributed by atoms with Crippen molar-refractivity contribution in [1.82, 2.24) is 0 Å². The Morgan fingerprint density at radius 1 is 0.741 bits per heavy atom. The molecule has 0 spiro atoms. The highest BCUT2D eigenvalue weighted by Gasteiger charge is 2.30. The molecule has 5 aromatic rings. The first-order valence-electron chi connectivity index (χ1n) is 21.0. The number of aryl methyl sites for hydroxylation is 1. The van der Waals surface area contributed by atoms with Gasteiger partial charge in [0.1, 0.15) is 5.75 Å². The van der Waals surface area contributed by atoms with Crippen molar-refractivity contribution in [3.8, 4) is 5.75 Å². The van der Waals surface area contributed by atoms with Crippen LogP contribution in [0.25, 0.3) is 10.8 Å². The van der Waals surface area contributed by atoms with E-state index < -0.39 is 16.1 Å². The summed E-state index contributed by atoms with van der Waals surface area (Å²) in [5, 5.41) is 8.31. The highest BCUT2D eigenvalue weighted by atomic mass is 32.2. The number of nitrogens with one attached hydrogen (secondary N) is 3. The lowest BCUT2D eigenvalue weighted by atomic mass is 9.76. The second-order valence-corrected chi connectivity index (χ2v) is 18.2. The molecule has 0 aliphatic heterocycles. The summed E-state index contributed by atoms with van der Waals surface area (Å²) >= 11 is 0. The lowest BCUT2D eigenvalue weighted by molar-refractivity contribution is -0.123. The van der Waals surface area contributed by atoms with E-state index in [1.807, 2.05) is 30.3 Å². The molecule has 1 amide bonds. The fourth-order valence-electron chi connectivity index (χ4n) is 7.18. The Morgan fingerprint density at radius 3 is 2.02 bits per heavy atom. The number of ether oxygens (including phenoxy) is 1. The van der Waals surface area contributed by atoms with Crippen LogP contribution in [0.4, 0.5) is 28.4 Å². The molecule has 0 aliphatic rings. The number of sulfonamides is 1. The van der Waals surface area contributed by atoms with Gasteiger partial charge in [-0.15, -0.1) is 0 Å². The summed E-state index contributed by atoms with van der Waals surface area (Å²) in [4.78, 5) is 17.2. The van der Waals surface area contributed by atoms with Crippen LogP contribution in [0.1, 0.15) is 111 Å². The number of unbranched alkanes of at least 4 members (excludes halogenated alkanes) is 1. The number of rotatable bonds is 19. The van der Waals surface area contributed by atoms with Crippen molar-refractivity contribution in [2.75, 3.05) is 33.3 Å². The Morgan fingerprint density at radius 2 is 1.40 bits per heavy atom. The normalized spacial score (nSPS) is 12.6. The summed E-state index contributed by atoms with van der Waals surface area (Å²) in [5.74, 6) is 0.395. The lowest BCUT2D eigenvalue weighted by Gasteiger charge is -2.31. The van der Waals surface area contributed by atoms with Gasteiger partial charge in [-0.25, -0.2) is 8.42 Å². The van der Waals surface area contributed by atoms with Gasteiger partial charge in [-0.3, -0.25) is 9.52 Å². The molecule has 9 heteroatoms. The van der Waals surface area contributed by atoms with Crippen LogP contribution in [0.5, 0.6) is 5.75 Å². The number of hydrogen-bond donors (Lipinski definition) is 3. The number of carbonyl (C=O) groups is 1. The van der Waals surface area contributed by atoms with Crippen molar-refractivity contribution in [3.63, 3.8) is 0 Å². The molecule has 5 aromatic carbocycles. The third kappa shape index (κ3) is 9.98. The molecule has 310 valence electrons. The van der Waals surface area contributed by atoms with Crippen LogP contribution < -0.4 is 25.0 Å². The SMILES string of the molecule is CCCCC(Oc1ccc(C(C)(C)CC)cc1C(C)(C)CC)C(=O)Nc1cc(NS(=O)(=O)c2ccccc2)c2ccccc2c1Nc1ccc(N(CC)CC)cc1C. The topological polar surface area (TPSA) is 99.8 Å². The molecule has 0 bridgehead atoms. The Labute approximate surface area is 347 Å². The van der Waals surface area contributed by atoms with Gasteiger partial charge in [0.2, 0.25) is 0 Å². The summed E-state index contributed by atoms with van der Waals surface area (Å²) in [6.45, 7) is 23.6. The van der Waals surface area contributed by atoms with E-state index in [9.17, 15) is 13.2 Å². The van der Waals surface area contributed by atoms with Crippen molar-refractivity contribution in [2.24, 2.45) is 0 Å². The smallest absolute Gasteiger partial charge is 0.265 e. The molecule has 1 atom stereocenters. The van der Waals surface area contributed by atoms with Crippen LogP contribution in [0.2, 0.25) is 0 Å². The molecule has 5 rings (SSSR count). The number of nitrogens with zero attached hydrogens (tertiary/aromatic N) is 1. The molecule has 0 aliphatic carbocycles. The van der Waals surface area contributed by atoms with Gasteiger partial charge in [0.05, 0.1) is 22.0 Å². The third-order valence-corrected chi connectivity index (χ3v) is 13.2. The number of carbonyl (C=O) groups excluding carboxylic acids is 1. The van der Waals surface area contributed by atoms with E-state index in [2.05, 4.69) is 120 Å². The van der Waals surface area contributed by atoms with Gasteiger partial charge in [-0.1, -0.05) is 109 Å². The molecular weight excluding hydrogens is 741 g/mol. The van der Waals surface area contributed by atoms with E-state index in [0.717, 1.165) is 66.7 Å². The Bertz CT molecular complexity index is 2300. The van der Waals surface area contributed by atoms with Gasteiger partial charge in [0, 0.05) is 40.8 Å². The average Bonchev–Trinajstić information content (AvgIpc) is 3.22. The predicted octanol–water partition coefficient (Wildman–Crippen LogP) is 12.5. The average molecular weight is 805 g/mol. The number of anilines is 5. The number of fused-ring (bicyclic) bond motifs is 1. The summed E-state index contributed by atoms with van der Waals surface area (Å²) < 4.78 is 37.2. The Kier molecular flexibility index (Phi) is 14.2. The van der Waals surface area contributed by atoms with E-state index in [0.29, 0.717) is 34.6 Å². The van der Waals surface area contributed by atoms with Crippen molar-refractivity contribution in [3.05, 3.63) is 114 Å². The second-order valence-electron chi connectivity index (χ2n) is 16.5. The predicted molar refractivity (Wildman–Crippen MR) is 245 cm³/mol. The molecule has 0 saturated carbocycles. The zero-order valence-corrected chi connectivity index (χ0v) is 37.1. The standard InChI is InChI=1S/C49H64N4O4S/c1-11-16-26-45(57-44-30-27-35(48(7,8)12-2)32-40(44)49(9,10)13-3)47(54)51-43-33-42(52-58(55,56)37-22-18-17-19-23-37)38-24-20-21-25-39(38)46(43)50-41-29-28-36(31-34(41)6)53(14-4)15-5/h17-25,27-33,45,50,52H,11-16,26H2,1-10H3,(H,51,54). The third-order valence-electron chi connectivity index (χ3n) is 11.8. The minimum atomic E-state index is -3.97. The summed E-state index contributed by atoms with van der Waals surface area (Å²) in [6.07, 6.45) is 3.26. The molecule has 0 fully saturated rings. The molecule has 58 heavy (non-hydrogen) atoms. The number of benzene rings is 5.